The lowest BCUT2D eigenvalue weighted by Gasteiger charge is -2.06. The topological polar surface area (TPSA) is 59.8 Å². The van der Waals surface area contributed by atoms with E-state index in [9.17, 15) is 4.79 Å². The lowest BCUT2D eigenvalue weighted by molar-refractivity contribution is -0.117. The monoisotopic (exact) mass is 296 g/mol. The molecule has 0 aliphatic heterocycles. The molecule has 1 heterocycles. The molecular weight excluding hydrogens is 287 g/mol. The van der Waals surface area contributed by atoms with Gasteiger partial charge in [-0.05, 0) is 30.7 Å². The van der Waals surface area contributed by atoms with Crippen molar-refractivity contribution in [3.63, 3.8) is 0 Å². The van der Waals surface area contributed by atoms with E-state index in [1.54, 1.807) is 24.5 Å². The van der Waals surface area contributed by atoms with E-state index >= 15 is 0 Å². The molecule has 98 valence electrons. The number of benzene rings is 1. The number of nitrogens with one attached hydrogen (secondary N) is 1. The fraction of sp³-hybridized carbons (Fsp3) is 0.250. The Kier molecular flexibility index (Phi) is 2.95. The lowest BCUT2D eigenvalue weighted by atomic mass is 10.2. The third kappa shape index (κ3) is 2.57. The minimum absolute atomic E-state index is 0.157. The van der Waals surface area contributed by atoms with Gasteiger partial charge in [0, 0.05) is 5.69 Å². The Morgan fingerprint density at radius 2 is 1.84 bits per heavy atom. The van der Waals surface area contributed by atoms with Crippen LogP contribution in [0.3, 0.4) is 0 Å². The van der Waals surface area contributed by atoms with Crippen molar-refractivity contribution in [2.24, 2.45) is 5.92 Å². The third-order valence-electron chi connectivity index (χ3n) is 2.93. The molecule has 1 aromatic heterocycles. The number of amides is 1. The van der Waals surface area contributed by atoms with E-state index in [-0.39, 0.29) is 11.8 Å². The van der Waals surface area contributed by atoms with Crippen LogP contribution in [0.4, 0.5) is 5.69 Å². The van der Waals surface area contributed by atoms with E-state index in [0.29, 0.717) is 12.1 Å². The van der Waals surface area contributed by atoms with Crippen LogP contribution in [0.1, 0.15) is 6.42 Å². The summed E-state index contributed by atoms with van der Waals surface area (Å²) in [6.07, 6.45) is 3.70. The van der Waals surface area contributed by atoms with Gasteiger partial charge in [0.1, 0.15) is 4.33 Å². The van der Waals surface area contributed by atoms with Crippen LogP contribution in [0.15, 0.2) is 36.7 Å². The maximum absolute atomic E-state index is 11.8. The molecule has 1 atom stereocenters. The molecule has 1 amide bonds. The van der Waals surface area contributed by atoms with Crippen LogP contribution < -0.4 is 5.32 Å². The zero-order valence-corrected chi connectivity index (χ0v) is 11.3. The van der Waals surface area contributed by atoms with Gasteiger partial charge in [-0.2, -0.15) is 15.0 Å². The van der Waals surface area contributed by atoms with Crippen molar-refractivity contribution in [3.8, 4) is 5.69 Å². The van der Waals surface area contributed by atoms with Crippen molar-refractivity contribution in [1.82, 2.24) is 15.0 Å². The molecule has 7 heteroatoms. The minimum atomic E-state index is -0.900. The zero-order valence-electron chi connectivity index (χ0n) is 9.75. The largest absolute Gasteiger partial charge is 0.326 e. The van der Waals surface area contributed by atoms with Gasteiger partial charge in [-0.3, -0.25) is 4.79 Å². The highest BCUT2D eigenvalue weighted by atomic mass is 35.5. The number of aromatic nitrogens is 3. The summed E-state index contributed by atoms with van der Waals surface area (Å²) >= 11 is 11.7. The van der Waals surface area contributed by atoms with Crippen molar-refractivity contribution < 1.29 is 4.79 Å². The number of alkyl halides is 2. The fourth-order valence-corrected chi connectivity index (χ4v) is 2.26. The highest BCUT2D eigenvalue weighted by Crippen LogP contribution is 2.53. The van der Waals surface area contributed by atoms with Crippen molar-refractivity contribution in [3.05, 3.63) is 36.7 Å². The van der Waals surface area contributed by atoms with Crippen LogP contribution >= 0.6 is 23.2 Å². The third-order valence-corrected chi connectivity index (χ3v) is 3.76. The molecule has 1 saturated carbocycles. The van der Waals surface area contributed by atoms with Crippen molar-refractivity contribution in [2.45, 2.75) is 10.8 Å². The van der Waals surface area contributed by atoms with Gasteiger partial charge in [0.15, 0.2) is 0 Å². The molecule has 0 bridgehead atoms. The molecule has 1 aromatic carbocycles. The number of carbonyl (C=O) groups is 1. The van der Waals surface area contributed by atoms with Crippen LogP contribution in [0, 0.1) is 5.92 Å². The molecule has 0 saturated heterocycles. The Bertz CT molecular complexity index is 595. The molecule has 3 rings (SSSR count). The van der Waals surface area contributed by atoms with Gasteiger partial charge < -0.3 is 5.32 Å². The molecule has 0 spiro atoms. The number of nitrogens with zero attached hydrogens (tertiary/aromatic N) is 3. The predicted octanol–water partition coefficient (Wildman–Crippen LogP) is 2.40. The summed E-state index contributed by atoms with van der Waals surface area (Å²) in [6, 6.07) is 7.19. The van der Waals surface area contributed by atoms with E-state index in [4.69, 9.17) is 23.2 Å². The van der Waals surface area contributed by atoms with Crippen molar-refractivity contribution in [1.29, 1.82) is 0 Å². The molecule has 19 heavy (non-hydrogen) atoms. The first-order valence-electron chi connectivity index (χ1n) is 5.72. The average molecular weight is 297 g/mol. The van der Waals surface area contributed by atoms with E-state index in [1.807, 2.05) is 12.1 Å². The van der Waals surface area contributed by atoms with Gasteiger partial charge >= 0.3 is 0 Å². The van der Waals surface area contributed by atoms with E-state index < -0.39 is 4.33 Å². The fourth-order valence-electron chi connectivity index (χ4n) is 1.75. The standard InChI is InChI=1S/C12H10Cl2N4O/c13-12(14)7-10(12)11(19)17-8-1-3-9(4-2-8)18-15-5-6-16-18/h1-6,10H,7H2,(H,17,19). The second-order valence-corrected chi connectivity index (χ2v) is 5.91. The molecule has 5 nitrogen and oxygen atoms in total. The summed E-state index contributed by atoms with van der Waals surface area (Å²) in [5, 5.41) is 10.8. The summed E-state index contributed by atoms with van der Waals surface area (Å²) in [5.74, 6) is -0.488. The second-order valence-electron chi connectivity index (χ2n) is 4.37. The van der Waals surface area contributed by atoms with Crippen molar-refractivity contribution >= 4 is 34.8 Å². The minimum Gasteiger partial charge on any atom is -0.326 e. The van der Waals surface area contributed by atoms with Crippen LogP contribution in [0.2, 0.25) is 0 Å². The Hall–Kier alpha value is -1.59. The quantitative estimate of drug-likeness (QED) is 0.885. The molecule has 1 fully saturated rings. The first-order chi connectivity index (χ1) is 9.06. The zero-order chi connectivity index (χ0) is 13.5. The summed E-state index contributed by atoms with van der Waals surface area (Å²) in [5.41, 5.74) is 1.51. The lowest BCUT2D eigenvalue weighted by Crippen LogP contribution is -2.16. The molecule has 2 aromatic rings. The summed E-state index contributed by atoms with van der Waals surface area (Å²) in [4.78, 5) is 13.3. The van der Waals surface area contributed by atoms with Crippen LogP contribution in [0.25, 0.3) is 5.69 Å². The number of hydrogen-bond donors (Lipinski definition) is 1. The van der Waals surface area contributed by atoms with E-state index in [1.165, 1.54) is 4.80 Å². The Balaban J connectivity index is 1.68. The van der Waals surface area contributed by atoms with Crippen molar-refractivity contribution in [2.75, 3.05) is 5.32 Å². The van der Waals surface area contributed by atoms with Gasteiger partial charge in [-0.25, -0.2) is 0 Å². The Morgan fingerprint density at radius 3 is 2.37 bits per heavy atom. The summed E-state index contributed by atoms with van der Waals surface area (Å²) in [6.45, 7) is 0. The Morgan fingerprint density at radius 1 is 1.26 bits per heavy atom. The molecule has 1 unspecified atom stereocenters. The summed E-state index contributed by atoms with van der Waals surface area (Å²) in [7, 11) is 0. The maximum Gasteiger partial charge on any atom is 0.230 e. The van der Waals surface area contributed by atoms with E-state index in [2.05, 4.69) is 15.5 Å². The Labute approximate surface area is 119 Å². The maximum atomic E-state index is 11.8. The molecule has 0 radical (unpaired) electrons. The predicted molar refractivity (Wildman–Crippen MR) is 72.5 cm³/mol. The van der Waals surface area contributed by atoms with Gasteiger partial charge in [0.05, 0.1) is 24.0 Å². The SMILES string of the molecule is O=C(Nc1ccc(-n2nccn2)cc1)C1CC1(Cl)Cl. The smallest absolute Gasteiger partial charge is 0.230 e. The normalized spacial score (nSPS) is 20.0. The van der Waals surface area contributed by atoms with Gasteiger partial charge in [0.2, 0.25) is 5.91 Å². The molecule has 1 aliphatic carbocycles. The molecule has 1 aliphatic rings. The number of carbonyl (C=O) groups excluding carboxylic acids is 1. The number of anilines is 1. The summed E-state index contributed by atoms with van der Waals surface area (Å²) < 4.78 is -0.900. The second kappa shape index (κ2) is 4.51. The molecular formula is C12H10Cl2N4O. The number of hydrogen-bond acceptors (Lipinski definition) is 3. The van der Waals surface area contributed by atoms with Gasteiger partial charge in [-0.15, -0.1) is 23.2 Å². The first-order valence-corrected chi connectivity index (χ1v) is 6.47. The number of halogens is 2. The highest BCUT2D eigenvalue weighted by molar-refractivity contribution is 6.52. The average Bonchev–Trinajstić information content (AvgIpc) is 2.81. The molecule has 1 N–H and O–H groups in total. The first kappa shape index (κ1) is 12.4. The van der Waals surface area contributed by atoms with Crippen LogP contribution in [0.5, 0.6) is 0 Å². The van der Waals surface area contributed by atoms with Crippen LogP contribution in [-0.2, 0) is 4.79 Å². The highest BCUT2D eigenvalue weighted by Gasteiger charge is 2.56. The number of rotatable bonds is 3. The van der Waals surface area contributed by atoms with Crippen LogP contribution in [-0.4, -0.2) is 25.2 Å². The van der Waals surface area contributed by atoms with E-state index in [0.717, 1.165) is 5.69 Å². The van der Waals surface area contributed by atoms with Gasteiger partial charge in [0.25, 0.3) is 0 Å². The van der Waals surface area contributed by atoms with Gasteiger partial charge in [-0.1, -0.05) is 0 Å².